The van der Waals surface area contributed by atoms with E-state index in [1.54, 1.807) is 0 Å². The van der Waals surface area contributed by atoms with Gasteiger partial charge in [-0.25, -0.2) is 4.98 Å². The monoisotopic (exact) mass is 168 g/mol. The first-order chi connectivity index (χ1) is 3.70. The third-order valence-corrected chi connectivity index (χ3v) is 1.97. The average Bonchev–Trinajstić information content (AvgIpc) is 1.85. The molecule has 0 radical (unpaired) electrons. The quantitative estimate of drug-likeness (QED) is 0.645. The lowest BCUT2D eigenvalue weighted by atomic mass is 10.9. The minimum Gasteiger partial charge on any atom is -0.388 e. The Hall–Kier alpha value is 0.01000. The predicted molar refractivity (Wildman–Crippen MR) is 36.5 cm³/mol. The van der Waals surface area contributed by atoms with Crippen molar-refractivity contribution in [3.63, 3.8) is 0 Å². The number of rotatable bonds is 0. The first kappa shape index (κ1) is 6.13. The van der Waals surface area contributed by atoms with Crippen molar-refractivity contribution in [3.05, 3.63) is 9.62 Å². The lowest BCUT2D eigenvalue weighted by molar-refractivity contribution is 1.42. The van der Waals surface area contributed by atoms with Gasteiger partial charge in [0.1, 0.15) is 5.00 Å². The molecule has 2 nitrogen and oxygen atoms in total. The lowest BCUT2D eigenvalue weighted by Gasteiger charge is -1.75. The highest BCUT2D eigenvalue weighted by Crippen LogP contribution is 2.28. The van der Waals surface area contributed by atoms with Gasteiger partial charge in [-0.2, -0.15) is 0 Å². The Bertz CT molecular complexity index is 178. The molecule has 0 aliphatic heterocycles. The van der Waals surface area contributed by atoms with E-state index in [1.807, 2.05) is 0 Å². The molecule has 2 N–H and O–H groups in total. The largest absolute Gasteiger partial charge is 0.388 e. The molecule has 0 aromatic carbocycles. The normalized spacial score (nSPS) is 9.75. The number of hydrogen-bond donors (Lipinski definition) is 1. The van der Waals surface area contributed by atoms with Crippen molar-refractivity contribution in [2.24, 2.45) is 0 Å². The summed E-state index contributed by atoms with van der Waals surface area (Å²) < 4.78 is 0.382. The van der Waals surface area contributed by atoms with Gasteiger partial charge < -0.3 is 5.73 Å². The van der Waals surface area contributed by atoms with E-state index < -0.39 is 0 Å². The van der Waals surface area contributed by atoms with Crippen LogP contribution < -0.4 is 5.73 Å². The molecule has 0 amide bonds. The van der Waals surface area contributed by atoms with Gasteiger partial charge in [-0.1, -0.05) is 34.5 Å². The van der Waals surface area contributed by atoms with Gasteiger partial charge in [0.05, 0.1) is 0 Å². The van der Waals surface area contributed by atoms with Gasteiger partial charge in [0.15, 0.2) is 9.62 Å². The van der Waals surface area contributed by atoms with E-state index in [2.05, 4.69) is 4.98 Å². The van der Waals surface area contributed by atoms with Crippen LogP contribution in [0.1, 0.15) is 0 Å². The number of aromatic nitrogens is 1. The van der Waals surface area contributed by atoms with Crippen molar-refractivity contribution in [2.75, 3.05) is 5.73 Å². The maximum Gasteiger partial charge on any atom is 0.187 e. The first-order valence-corrected chi connectivity index (χ1v) is 3.34. The van der Waals surface area contributed by atoms with Crippen LogP contribution in [0.3, 0.4) is 0 Å². The Labute approximate surface area is 60.2 Å². The molecule has 0 saturated carbocycles. The minimum atomic E-state index is 0.292. The molecule has 0 aliphatic carbocycles. The summed E-state index contributed by atoms with van der Waals surface area (Å²) in [6, 6.07) is 0. The standard InChI is InChI=1S/C3H2Cl2N2S/c4-1-2(6)8-3(5)7-1/h6H2. The highest BCUT2D eigenvalue weighted by atomic mass is 35.5. The molecule has 0 unspecified atom stereocenters. The summed E-state index contributed by atoms with van der Waals surface area (Å²) in [5.74, 6) is 0. The molecule has 0 atom stereocenters. The third kappa shape index (κ3) is 1.05. The van der Waals surface area contributed by atoms with E-state index in [9.17, 15) is 0 Å². The maximum absolute atomic E-state index is 5.42. The minimum absolute atomic E-state index is 0.292. The van der Waals surface area contributed by atoms with Crippen LogP contribution in [0.4, 0.5) is 5.00 Å². The molecule has 1 rings (SSSR count). The number of anilines is 1. The van der Waals surface area contributed by atoms with E-state index in [0.29, 0.717) is 14.6 Å². The second-order valence-corrected chi connectivity index (χ2v) is 3.09. The highest BCUT2D eigenvalue weighted by Gasteiger charge is 2.00. The summed E-state index contributed by atoms with van der Waals surface area (Å²) in [5, 5.41) is 0.761. The Morgan fingerprint density at radius 2 is 2.12 bits per heavy atom. The molecule has 1 heterocycles. The van der Waals surface area contributed by atoms with Gasteiger partial charge in [0.25, 0.3) is 0 Å². The van der Waals surface area contributed by atoms with Gasteiger partial charge in [-0.05, 0) is 0 Å². The molecule has 5 heteroatoms. The zero-order valence-electron chi connectivity index (χ0n) is 3.69. The van der Waals surface area contributed by atoms with E-state index in [0.717, 1.165) is 0 Å². The molecular weight excluding hydrogens is 167 g/mol. The summed E-state index contributed by atoms with van der Waals surface area (Å²) in [6.45, 7) is 0. The molecule has 44 valence electrons. The fourth-order valence-corrected chi connectivity index (χ4v) is 1.36. The van der Waals surface area contributed by atoms with Crippen molar-refractivity contribution in [1.29, 1.82) is 0 Å². The Balaban J connectivity index is 3.14. The summed E-state index contributed by atoms with van der Waals surface area (Å²) in [5.41, 5.74) is 5.28. The zero-order valence-corrected chi connectivity index (χ0v) is 6.02. The highest BCUT2D eigenvalue weighted by molar-refractivity contribution is 7.19. The van der Waals surface area contributed by atoms with Crippen LogP contribution in [-0.4, -0.2) is 4.98 Å². The van der Waals surface area contributed by atoms with E-state index in [1.165, 1.54) is 11.3 Å². The van der Waals surface area contributed by atoms with Crippen molar-refractivity contribution < 1.29 is 0 Å². The van der Waals surface area contributed by atoms with Crippen LogP contribution in [-0.2, 0) is 0 Å². The van der Waals surface area contributed by atoms with Gasteiger partial charge in [-0.3, -0.25) is 0 Å². The molecule has 0 fully saturated rings. The molecule has 0 spiro atoms. The second kappa shape index (κ2) is 2.09. The Morgan fingerprint density at radius 3 is 2.25 bits per heavy atom. The van der Waals surface area contributed by atoms with E-state index in [-0.39, 0.29) is 0 Å². The summed E-state index contributed by atoms with van der Waals surface area (Å²) >= 11 is 12.0. The lowest BCUT2D eigenvalue weighted by Crippen LogP contribution is -1.76. The summed E-state index contributed by atoms with van der Waals surface area (Å²) in [7, 11) is 0. The molecule has 8 heavy (non-hydrogen) atoms. The number of nitrogen functional groups attached to an aromatic ring is 1. The number of nitrogens with zero attached hydrogens (tertiary/aromatic N) is 1. The Morgan fingerprint density at radius 1 is 1.50 bits per heavy atom. The van der Waals surface area contributed by atoms with Crippen LogP contribution in [0, 0.1) is 0 Å². The van der Waals surface area contributed by atoms with Gasteiger partial charge >= 0.3 is 0 Å². The molecule has 0 bridgehead atoms. The van der Waals surface area contributed by atoms with Gasteiger partial charge in [-0.15, -0.1) is 0 Å². The number of nitrogens with two attached hydrogens (primary N) is 1. The predicted octanol–water partition coefficient (Wildman–Crippen LogP) is 2.03. The van der Waals surface area contributed by atoms with E-state index >= 15 is 0 Å². The van der Waals surface area contributed by atoms with Crippen LogP contribution >= 0.6 is 34.5 Å². The number of hydrogen-bond acceptors (Lipinski definition) is 3. The zero-order chi connectivity index (χ0) is 6.15. The molecule has 1 aromatic heterocycles. The fourth-order valence-electron chi connectivity index (χ4n) is 0.288. The van der Waals surface area contributed by atoms with E-state index in [4.69, 9.17) is 28.9 Å². The first-order valence-electron chi connectivity index (χ1n) is 1.77. The topological polar surface area (TPSA) is 38.9 Å². The number of halogens is 2. The van der Waals surface area contributed by atoms with Crippen molar-refractivity contribution in [3.8, 4) is 0 Å². The summed E-state index contributed by atoms with van der Waals surface area (Å²) in [4.78, 5) is 3.64. The Kier molecular flexibility index (Phi) is 1.60. The van der Waals surface area contributed by atoms with Gasteiger partial charge in [0, 0.05) is 0 Å². The summed E-state index contributed by atoms with van der Waals surface area (Å²) in [6.07, 6.45) is 0. The maximum atomic E-state index is 5.42. The van der Waals surface area contributed by atoms with Crippen LogP contribution in [0.15, 0.2) is 0 Å². The average molecular weight is 169 g/mol. The van der Waals surface area contributed by atoms with Crippen LogP contribution in [0.2, 0.25) is 9.62 Å². The molecule has 0 aliphatic rings. The van der Waals surface area contributed by atoms with Gasteiger partial charge in [0.2, 0.25) is 0 Å². The van der Waals surface area contributed by atoms with Crippen LogP contribution in [0.5, 0.6) is 0 Å². The van der Waals surface area contributed by atoms with Crippen molar-refractivity contribution >= 4 is 39.5 Å². The molecule has 0 saturated heterocycles. The van der Waals surface area contributed by atoms with Crippen molar-refractivity contribution in [2.45, 2.75) is 0 Å². The molecule has 1 aromatic rings. The number of thiazole rings is 1. The van der Waals surface area contributed by atoms with Crippen LogP contribution in [0.25, 0.3) is 0 Å². The fraction of sp³-hybridized carbons (Fsp3) is 0. The SMILES string of the molecule is Nc1sc(Cl)nc1Cl. The second-order valence-electron chi connectivity index (χ2n) is 1.12. The smallest absolute Gasteiger partial charge is 0.187 e. The third-order valence-electron chi connectivity index (χ3n) is 0.584. The molecular formula is C3H2Cl2N2S. The van der Waals surface area contributed by atoms with Crippen molar-refractivity contribution in [1.82, 2.24) is 4.98 Å².